The molecule has 0 spiro atoms. The maximum atomic E-state index is 5.61. The fourth-order valence-corrected chi connectivity index (χ4v) is 1.54. The zero-order valence-corrected chi connectivity index (χ0v) is 8.94. The fraction of sp³-hybridized carbons (Fsp3) is 0.273. The predicted molar refractivity (Wildman–Crippen MR) is 59.5 cm³/mol. The highest BCUT2D eigenvalue weighted by Gasteiger charge is 2.02. The van der Waals surface area contributed by atoms with Gasteiger partial charge >= 0.3 is 0 Å². The minimum absolute atomic E-state index is 0.556. The van der Waals surface area contributed by atoms with Crippen molar-refractivity contribution in [3.63, 3.8) is 0 Å². The number of nitrogens with two attached hydrogens (primary N) is 1. The predicted octanol–water partition coefficient (Wildman–Crippen LogP) is 1.53. The molecule has 0 bridgehead atoms. The molecule has 0 saturated heterocycles. The lowest BCUT2D eigenvalue weighted by Crippen LogP contribution is -2.06. The molecule has 0 radical (unpaired) electrons. The van der Waals surface area contributed by atoms with Gasteiger partial charge in [-0.05, 0) is 26.0 Å². The van der Waals surface area contributed by atoms with E-state index in [4.69, 9.17) is 5.73 Å². The van der Waals surface area contributed by atoms with Crippen LogP contribution >= 0.6 is 0 Å². The van der Waals surface area contributed by atoms with Crippen LogP contribution in [-0.2, 0) is 6.54 Å². The Balaban J connectivity index is 2.25. The molecule has 0 aliphatic heterocycles. The largest absolute Gasteiger partial charge is 0.382 e. The number of nitrogens with zero attached hydrogens (tertiary/aromatic N) is 3. The van der Waals surface area contributed by atoms with E-state index >= 15 is 0 Å². The molecule has 0 fully saturated rings. The minimum Gasteiger partial charge on any atom is -0.382 e. The van der Waals surface area contributed by atoms with Gasteiger partial charge in [0.05, 0.1) is 12.2 Å². The molecule has 4 heteroatoms. The third-order valence-corrected chi connectivity index (χ3v) is 2.26. The molecule has 15 heavy (non-hydrogen) atoms. The smallest absolute Gasteiger partial charge is 0.145 e. The number of anilines is 1. The Hall–Kier alpha value is -1.84. The summed E-state index contributed by atoms with van der Waals surface area (Å²) < 4.78 is 1.86. The first-order valence-electron chi connectivity index (χ1n) is 4.87. The zero-order valence-electron chi connectivity index (χ0n) is 8.94. The summed E-state index contributed by atoms with van der Waals surface area (Å²) in [4.78, 5) is 4.42. The van der Waals surface area contributed by atoms with Crippen LogP contribution in [0.15, 0.2) is 24.3 Å². The second-order valence-electron chi connectivity index (χ2n) is 3.64. The fourth-order valence-electron chi connectivity index (χ4n) is 1.54. The van der Waals surface area contributed by atoms with Crippen molar-refractivity contribution in [2.24, 2.45) is 0 Å². The minimum atomic E-state index is 0.556. The third kappa shape index (κ3) is 2.15. The zero-order chi connectivity index (χ0) is 10.8. The molecule has 0 unspecified atom stereocenters. The lowest BCUT2D eigenvalue weighted by Gasteiger charge is -2.04. The summed E-state index contributed by atoms with van der Waals surface area (Å²) in [6, 6.07) is 7.83. The van der Waals surface area contributed by atoms with Gasteiger partial charge in [0.1, 0.15) is 5.82 Å². The summed E-state index contributed by atoms with van der Waals surface area (Å²) >= 11 is 0. The number of pyridine rings is 1. The number of rotatable bonds is 2. The van der Waals surface area contributed by atoms with Crippen molar-refractivity contribution in [3.8, 4) is 0 Å². The SMILES string of the molecule is Cc1cccc(Cn2nc(N)cc2C)n1. The topological polar surface area (TPSA) is 56.7 Å². The molecular weight excluding hydrogens is 188 g/mol. The quantitative estimate of drug-likeness (QED) is 0.803. The summed E-state index contributed by atoms with van der Waals surface area (Å²) in [6.07, 6.45) is 0. The second-order valence-corrected chi connectivity index (χ2v) is 3.64. The van der Waals surface area contributed by atoms with Crippen molar-refractivity contribution in [2.75, 3.05) is 5.73 Å². The van der Waals surface area contributed by atoms with Crippen molar-refractivity contribution in [1.82, 2.24) is 14.8 Å². The highest BCUT2D eigenvalue weighted by molar-refractivity contribution is 5.29. The monoisotopic (exact) mass is 202 g/mol. The normalized spacial score (nSPS) is 10.5. The molecule has 0 aliphatic carbocycles. The van der Waals surface area contributed by atoms with Crippen LogP contribution in [0, 0.1) is 13.8 Å². The van der Waals surface area contributed by atoms with Crippen molar-refractivity contribution in [3.05, 3.63) is 41.3 Å². The standard InChI is InChI=1S/C11H14N4/c1-8-4-3-5-10(13-8)7-15-9(2)6-11(12)14-15/h3-6H,7H2,1-2H3,(H2,12,14). The van der Waals surface area contributed by atoms with Crippen LogP contribution in [-0.4, -0.2) is 14.8 Å². The average molecular weight is 202 g/mol. The molecule has 0 atom stereocenters. The molecule has 2 N–H and O–H groups in total. The van der Waals surface area contributed by atoms with Gasteiger partial charge in [-0.15, -0.1) is 0 Å². The van der Waals surface area contributed by atoms with E-state index in [0.29, 0.717) is 12.4 Å². The van der Waals surface area contributed by atoms with Gasteiger partial charge in [0.2, 0.25) is 0 Å². The van der Waals surface area contributed by atoms with Crippen LogP contribution in [0.2, 0.25) is 0 Å². The van der Waals surface area contributed by atoms with E-state index in [0.717, 1.165) is 17.1 Å². The van der Waals surface area contributed by atoms with Crippen LogP contribution in [0.4, 0.5) is 5.82 Å². The number of aromatic nitrogens is 3. The summed E-state index contributed by atoms with van der Waals surface area (Å²) in [5.41, 5.74) is 8.68. The molecule has 2 rings (SSSR count). The van der Waals surface area contributed by atoms with Gasteiger partial charge in [-0.1, -0.05) is 6.07 Å². The molecule has 4 nitrogen and oxygen atoms in total. The van der Waals surface area contributed by atoms with E-state index < -0.39 is 0 Å². The van der Waals surface area contributed by atoms with Crippen LogP contribution in [0.3, 0.4) is 0 Å². The first-order valence-corrected chi connectivity index (χ1v) is 4.87. The summed E-state index contributed by atoms with van der Waals surface area (Å²) in [5.74, 6) is 0.556. The molecule has 78 valence electrons. The van der Waals surface area contributed by atoms with Crippen molar-refractivity contribution >= 4 is 5.82 Å². The Kier molecular flexibility index (Phi) is 2.41. The highest BCUT2D eigenvalue weighted by atomic mass is 15.3. The van der Waals surface area contributed by atoms with Crippen molar-refractivity contribution in [2.45, 2.75) is 20.4 Å². The molecule has 2 aromatic heterocycles. The van der Waals surface area contributed by atoms with Gasteiger partial charge in [0.15, 0.2) is 0 Å². The van der Waals surface area contributed by atoms with E-state index in [9.17, 15) is 0 Å². The van der Waals surface area contributed by atoms with Gasteiger partial charge in [-0.3, -0.25) is 9.67 Å². The molecule has 0 amide bonds. The van der Waals surface area contributed by atoms with Gasteiger partial charge in [-0.2, -0.15) is 5.10 Å². The molecule has 2 heterocycles. The molecule has 0 aromatic carbocycles. The van der Waals surface area contributed by atoms with E-state index in [1.54, 1.807) is 0 Å². The Morgan fingerprint density at radius 2 is 2.13 bits per heavy atom. The third-order valence-electron chi connectivity index (χ3n) is 2.26. The van der Waals surface area contributed by atoms with Gasteiger partial charge in [0.25, 0.3) is 0 Å². The lowest BCUT2D eigenvalue weighted by atomic mass is 10.3. The number of aryl methyl sites for hydroxylation is 2. The van der Waals surface area contributed by atoms with Gasteiger partial charge in [0, 0.05) is 17.5 Å². The lowest BCUT2D eigenvalue weighted by molar-refractivity contribution is 0.654. The summed E-state index contributed by atoms with van der Waals surface area (Å²) in [7, 11) is 0. The molecular formula is C11H14N4. The summed E-state index contributed by atoms with van der Waals surface area (Å²) in [5, 5.41) is 4.19. The first kappa shape index (κ1) is 9.71. The molecule has 0 aliphatic rings. The summed E-state index contributed by atoms with van der Waals surface area (Å²) in [6.45, 7) is 4.64. The Labute approximate surface area is 88.8 Å². The second kappa shape index (κ2) is 3.73. The Morgan fingerprint density at radius 1 is 1.33 bits per heavy atom. The maximum Gasteiger partial charge on any atom is 0.145 e. The van der Waals surface area contributed by atoms with Crippen LogP contribution in [0.5, 0.6) is 0 Å². The van der Waals surface area contributed by atoms with Gasteiger partial charge in [-0.25, -0.2) is 0 Å². The van der Waals surface area contributed by atoms with Crippen molar-refractivity contribution in [1.29, 1.82) is 0 Å². The van der Waals surface area contributed by atoms with Gasteiger partial charge < -0.3 is 5.73 Å². The Bertz CT molecular complexity index is 473. The maximum absolute atomic E-state index is 5.61. The van der Waals surface area contributed by atoms with Crippen LogP contribution in [0.25, 0.3) is 0 Å². The van der Waals surface area contributed by atoms with Crippen molar-refractivity contribution < 1.29 is 0 Å². The highest BCUT2D eigenvalue weighted by Crippen LogP contribution is 2.07. The van der Waals surface area contributed by atoms with E-state index in [1.807, 2.05) is 42.8 Å². The number of hydrogen-bond donors (Lipinski definition) is 1. The Morgan fingerprint density at radius 3 is 2.73 bits per heavy atom. The van der Waals surface area contributed by atoms with Crippen LogP contribution in [0.1, 0.15) is 17.1 Å². The first-order chi connectivity index (χ1) is 7.15. The van der Waals surface area contributed by atoms with Crippen LogP contribution < -0.4 is 5.73 Å². The number of hydrogen-bond acceptors (Lipinski definition) is 3. The molecule has 2 aromatic rings. The van der Waals surface area contributed by atoms with E-state index in [1.165, 1.54) is 0 Å². The van der Waals surface area contributed by atoms with E-state index in [-0.39, 0.29) is 0 Å². The number of nitrogen functional groups attached to an aromatic ring is 1. The average Bonchev–Trinajstić information content (AvgIpc) is 2.45. The van der Waals surface area contributed by atoms with E-state index in [2.05, 4.69) is 10.1 Å². The molecule has 0 saturated carbocycles.